The van der Waals surface area contributed by atoms with E-state index in [-0.39, 0.29) is 0 Å². The number of hydrogen-bond donors (Lipinski definition) is 1. The number of thiophene rings is 1. The van der Waals surface area contributed by atoms with Gasteiger partial charge >= 0.3 is 0 Å². The maximum absolute atomic E-state index is 4.16. The van der Waals surface area contributed by atoms with Gasteiger partial charge in [0.2, 0.25) is 0 Å². The summed E-state index contributed by atoms with van der Waals surface area (Å²) in [6.07, 6.45) is 4.67. The van der Waals surface area contributed by atoms with E-state index >= 15 is 0 Å². The second-order valence-electron chi connectivity index (χ2n) is 3.46. The van der Waals surface area contributed by atoms with E-state index in [0.29, 0.717) is 0 Å². The lowest BCUT2D eigenvalue weighted by atomic mass is 10.3. The van der Waals surface area contributed by atoms with Crippen molar-refractivity contribution in [2.45, 2.75) is 11.6 Å². The van der Waals surface area contributed by atoms with Crippen LogP contribution < -0.4 is 5.32 Å². The second kappa shape index (κ2) is 7.42. The first-order valence-electron chi connectivity index (χ1n) is 5.58. The maximum atomic E-state index is 4.16. The second-order valence-corrected chi connectivity index (χ2v) is 5.55. The topological polar surface area (TPSA) is 37.8 Å². The minimum Gasteiger partial charge on any atom is -0.316 e. The molecule has 0 aromatic carbocycles. The molecule has 90 valence electrons. The van der Waals surface area contributed by atoms with Crippen LogP contribution in [0.3, 0.4) is 0 Å². The minimum atomic E-state index is 0.854. The Labute approximate surface area is 110 Å². The van der Waals surface area contributed by atoms with Crippen LogP contribution in [0.5, 0.6) is 0 Å². The Morgan fingerprint density at radius 3 is 2.82 bits per heavy atom. The Morgan fingerprint density at radius 1 is 1.18 bits per heavy atom. The van der Waals surface area contributed by atoms with Gasteiger partial charge in [-0.15, -0.1) is 11.3 Å². The summed E-state index contributed by atoms with van der Waals surface area (Å²) >= 11 is 3.50. The largest absolute Gasteiger partial charge is 0.316 e. The summed E-state index contributed by atoms with van der Waals surface area (Å²) in [6.45, 7) is 2.03. The van der Waals surface area contributed by atoms with Gasteiger partial charge in [-0.2, -0.15) is 0 Å². The van der Waals surface area contributed by atoms with Crippen molar-refractivity contribution in [3.63, 3.8) is 0 Å². The number of rotatable bonds is 7. The zero-order valence-electron chi connectivity index (χ0n) is 9.50. The monoisotopic (exact) mass is 265 g/mol. The average Bonchev–Trinajstić information content (AvgIpc) is 2.88. The summed E-state index contributed by atoms with van der Waals surface area (Å²) in [5.74, 6) is 1.01. The third kappa shape index (κ3) is 4.85. The van der Waals surface area contributed by atoms with Crippen LogP contribution in [-0.2, 0) is 6.42 Å². The number of nitrogens with zero attached hydrogens (tertiary/aromatic N) is 2. The van der Waals surface area contributed by atoms with Gasteiger partial charge in [0.15, 0.2) is 5.16 Å². The molecule has 5 heteroatoms. The molecule has 0 fully saturated rings. The van der Waals surface area contributed by atoms with Gasteiger partial charge in [0.25, 0.3) is 0 Å². The van der Waals surface area contributed by atoms with E-state index in [1.54, 1.807) is 24.2 Å². The number of thioether (sulfide) groups is 1. The Hall–Kier alpha value is -0.910. The highest BCUT2D eigenvalue weighted by atomic mass is 32.2. The zero-order valence-corrected chi connectivity index (χ0v) is 11.1. The highest BCUT2D eigenvalue weighted by Crippen LogP contribution is 2.10. The smallest absolute Gasteiger partial charge is 0.187 e. The Bertz CT molecular complexity index is 403. The summed E-state index contributed by atoms with van der Waals surface area (Å²) < 4.78 is 0. The highest BCUT2D eigenvalue weighted by Gasteiger charge is 1.96. The van der Waals surface area contributed by atoms with Gasteiger partial charge in [-0.3, -0.25) is 0 Å². The van der Waals surface area contributed by atoms with Crippen molar-refractivity contribution in [3.8, 4) is 0 Å². The fourth-order valence-corrected chi connectivity index (χ4v) is 2.77. The zero-order chi connectivity index (χ0) is 11.8. The fourth-order valence-electron chi connectivity index (χ4n) is 1.37. The van der Waals surface area contributed by atoms with Gasteiger partial charge in [0, 0.05) is 29.6 Å². The number of nitrogens with one attached hydrogen (secondary N) is 1. The van der Waals surface area contributed by atoms with Crippen molar-refractivity contribution < 1.29 is 0 Å². The first-order valence-corrected chi connectivity index (χ1v) is 7.44. The predicted molar refractivity (Wildman–Crippen MR) is 73.6 cm³/mol. The van der Waals surface area contributed by atoms with E-state index in [0.717, 1.165) is 30.4 Å². The predicted octanol–water partition coefficient (Wildman–Crippen LogP) is 2.46. The lowest BCUT2D eigenvalue weighted by Crippen LogP contribution is -2.19. The molecule has 2 aromatic rings. The molecule has 2 heterocycles. The van der Waals surface area contributed by atoms with Crippen LogP contribution in [0, 0.1) is 0 Å². The van der Waals surface area contributed by atoms with Crippen LogP contribution in [0.4, 0.5) is 0 Å². The van der Waals surface area contributed by atoms with Crippen LogP contribution in [0.15, 0.2) is 41.1 Å². The number of hydrogen-bond acceptors (Lipinski definition) is 5. The summed E-state index contributed by atoms with van der Waals surface area (Å²) in [7, 11) is 0. The molecule has 17 heavy (non-hydrogen) atoms. The third-order valence-corrected chi connectivity index (χ3v) is 3.99. The molecule has 0 radical (unpaired) electrons. The molecule has 0 amide bonds. The Balaban J connectivity index is 1.52. The van der Waals surface area contributed by atoms with Crippen molar-refractivity contribution >= 4 is 23.1 Å². The molecule has 0 atom stereocenters. The summed E-state index contributed by atoms with van der Waals surface area (Å²) in [4.78, 5) is 9.77. The minimum absolute atomic E-state index is 0.854. The normalized spacial score (nSPS) is 10.6. The van der Waals surface area contributed by atoms with Crippen molar-refractivity contribution in [1.82, 2.24) is 15.3 Å². The van der Waals surface area contributed by atoms with E-state index in [2.05, 4.69) is 32.8 Å². The van der Waals surface area contributed by atoms with Crippen molar-refractivity contribution in [1.29, 1.82) is 0 Å². The molecule has 0 aliphatic heterocycles. The summed E-state index contributed by atoms with van der Waals surface area (Å²) in [5.41, 5.74) is 0. The van der Waals surface area contributed by atoms with Crippen molar-refractivity contribution in [2.75, 3.05) is 18.8 Å². The highest BCUT2D eigenvalue weighted by molar-refractivity contribution is 7.99. The standard InChI is InChI=1S/C12H15N3S2/c1-3-11(16-9-1)4-7-13-8-10-17-12-14-5-2-6-15-12/h1-3,5-6,9,13H,4,7-8,10H2. The first-order chi connectivity index (χ1) is 8.45. The van der Waals surface area contributed by atoms with Gasteiger partial charge in [-0.1, -0.05) is 17.8 Å². The van der Waals surface area contributed by atoms with E-state index in [1.807, 2.05) is 17.4 Å². The van der Waals surface area contributed by atoms with Crippen LogP contribution in [-0.4, -0.2) is 28.8 Å². The molecule has 0 aliphatic rings. The quantitative estimate of drug-likeness (QED) is 0.474. The van der Waals surface area contributed by atoms with E-state index in [1.165, 1.54) is 4.88 Å². The summed E-state index contributed by atoms with van der Waals surface area (Å²) in [6, 6.07) is 6.12. The molecular weight excluding hydrogens is 250 g/mol. The Kier molecular flexibility index (Phi) is 5.48. The fraction of sp³-hybridized carbons (Fsp3) is 0.333. The van der Waals surface area contributed by atoms with Crippen LogP contribution >= 0.6 is 23.1 Å². The van der Waals surface area contributed by atoms with E-state index < -0.39 is 0 Å². The molecular formula is C12H15N3S2. The molecule has 1 N–H and O–H groups in total. The van der Waals surface area contributed by atoms with Gasteiger partial charge in [-0.05, 0) is 30.5 Å². The molecule has 3 nitrogen and oxygen atoms in total. The van der Waals surface area contributed by atoms with Gasteiger partial charge in [-0.25, -0.2) is 9.97 Å². The van der Waals surface area contributed by atoms with E-state index in [4.69, 9.17) is 0 Å². The molecule has 0 spiro atoms. The molecule has 0 unspecified atom stereocenters. The molecule has 0 saturated heterocycles. The molecule has 0 aliphatic carbocycles. The van der Waals surface area contributed by atoms with Crippen LogP contribution in [0.1, 0.15) is 4.88 Å². The Morgan fingerprint density at radius 2 is 2.06 bits per heavy atom. The van der Waals surface area contributed by atoms with Gasteiger partial charge < -0.3 is 5.32 Å². The van der Waals surface area contributed by atoms with Crippen molar-refractivity contribution in [3.05, 3.63) is 40.8 Å². The molecule has 0 bridgehead atoms. The SMILES string of the molecule is c1cnc(SCCNCCc2cccs2)nc1. The van der Waals surface area contributed by atoms with E-state index in [9.17, 15) is 0 Å². The number of aromatic nitrogens is 2. The maximum Gasteiger partial charge on any atom is 0.187 e. The lowest BCUT2D eigenvalue weighted by molar-refractivity contribution is 0.725. The molecule has 2 rings (SSSR count). The summed E-state index contributed by atoms with van der Waals surface area (Å²) in [5, 5.41) is 6.40. The average molecular weight is 265 g/mol. The molecule has 2 aromatic heterocycles. The van der Waals surface area contributed by atoms with Gasteiger partial charge in [0.1, 0.15) is 0 Å². The first kappa shape index (κ1) is 12.5. The van der Waals surface area contributed by atoms with Crippen LogP contribution in [0.2, 0.25) is 0 Å². The molecule has 0 saturated carbocycles. The van der Waals surface area contributed by atoms with Gasteiger partial charge in [0.05, 0.1) is 0 Å². The lowest BCUT2D eigenvalue weighted by Gasteiger charge is -2.02. The third-order valence-electron chi connectivity index (χ3n) is 2.18. The van der Waals surface area contributed by atoms with Crippen LogP contribution in [0.25, 0.3) is 0 Å². The van der Waals surface area contributed by atoms with Crippen molar-refractivity contribution in [2.24, 2.45) is 0 Å².